The molecule has 8 heavy (non-hydrogen) atoms. The smallest absolute Gasteiger partial charge is 0.199 e. The number of hydrogen-bond acceptors (Lipinski definition) is 1. The maximum absolute atomic E-state index is 10.4. The summed E-state index contributed by atoms with van der Waals surface area (Å²) in [5.41, 5.74) is 0. The second kappa shape index (κ2) is 4.39. The van der Waals surface area contributed by atoms with Crippen LogP contribution in [-0.4, -0.2) is 9.94 Å². The molecule has 0 radical (unpaired) electrons. The van der Waals surface area contributed by atoms with Crippen molar-refractivity contribution in [2.24, 2.45) is 0 Å². The van der Waals surface area contributed by atoms with Gasteiger partial charge in [0.25, 0.3) is 0 Å². The summed E-state index contributed by atoms with van der Waals surface area (Å²) < 4.78 is 0. The minimum atomic E-state index is -0.0770. The summed E-state index contributed by atoms with van der Waals surface area (Å²) in [6, 6.07) is 0. The first kappa shape index (κ1) is 8.50. The molecule has 0 aliphatic heterocycles. The molecule has 0 bridgehead atoms. The monoisotopic (exact) mass is 196 g/mol. The molecule has 0 saturated carbocycles. The summed E-state index contributed by atoms with van der Waals surface area (Å²) in [6.45, 7) is 2.03. The molecule has 0 rings (SSSR count). The Morgan fingerprint density at radius 1 is 1.88 bits per heavy atom. The van der Waals surface area contributed by atoms with Gasteiger partial charge in [-0.1, -0.05) is 29.3 Å². The van der Waals surface area contributed by atoms with Gasteiger partial charge in [-0.2, -0.15) is 0 Å². The second-order valence-corrected chi connectivity index (χ2v) is 3.14. The number of halogens is 1. The van der Waals surface area contributed by atoms with E-state index in [1.807, 2.05) is 6.92 Å². The third kappa shape index (κ3) is 3.50. The number of thiol groups is 1. The summed E-state index contributed by atoms with van der Waals surface area (Å²) in [4.78, 5) is 10.3. The Labute approximate surface area is 63.4 Å². The summed E-state index contributed by atoms with van der Waals surface area (Å²) in [7, 11) is 0. The molecule has 1 unspecified atom stereocenters. The average molecular weight is 197 g/mol. The van der Waals surface area contributed by atoms with Crippen LogP contribution < -0.4 is 0 Å². The minimum Gasteiger partial charge on any atom is -0.286 e. The number of carbonyl (C=O) groups excluding carboxylic acids is 1. The Morgan fingerprint density at radius 2 is 2.38 bits per heavy atom. The molecular weight excluding hydrogens is 188 g/mol. The lowest BCUT2D eigenvalue weighted by Gasteiger charge is -1.98. The van der Waals surface area contributed by atoms with Crippen LogP contribution in [0.25, 0.3) is 0 Å². The zero-order chi connectivity index (χ0) is 6.57. The van der Waals surface area contributed by atoms with E-state index in [1.165, 1.54) is 0 Å². The third-order valence-corrected chi connectivity index (χ3v) is 2.35. The van der Waals surface area contributed by atoms with Gasteiger partial charge in [0.1, 0.15) is 0 Å². The Morgan fingerprint density at radius 3 is 2.50 bits per heavy atom. The van der Waals surface area contributed by atoms with Crippen LogP contribution in [0.2, 0.25) is 0 Å². The van der Waals surface area contributed by atoms with Crippen molar-refractivity contribution in [1.82, 2.24) is 0 Å². The van der Waals surface area contributed by atoms with E-state index < -0.39 is 0 Å². The van der Waals surface area contributed by atoms with E-state index >= 15 is 0 Å². The van der Waals surface area contributed by atoms with E-state index in [-0.39, 0.29) is 9.94 Å². The molecule has 0 spiro atoms. The van der Waals surface area contributed by atoms with Crippen molar-refractivity contribution in [3.8, 4) is 0 Å². The molecule has 0 amide bonds. The van der Waals surface area contributed by atoms with Gasteiger partial charge in [0.2, 0.25) is 0 Å². The Hall–Kier alpha value is 0.500. The number of hydrogen-bond donors (Lipinski definition) is 1. The van der Waals surface area contributed by atoms with Gasteiger partial charge in [-0.15, -0.1) is 12.6 Å². The predicted molar refractivity (Wildman–Crippen MR) is 41.6 cm³/mol. The molecule has 48 valence electrons. The lowest BCUT2D eigenvalue weighted by Crippen LogP contribution is -2.05. The highest BCUT2D eigenvalue weighted by molar-refractivity contribution is 9.10. The van der Waals surface area contributed by atoms with Gasteiger partial charge < -0.3 is 0 Å². The maximum Gasteiger partial charge on any atom is 0.199 e. The summed E-state index contributed by atoms with van der Waals surface area (Å²) in [5, 5.41) is -0.0770. The zero-order valence-electron chi connectivity index (χ0n) is 4.72. The largest absolute Gasteiger partial charge is 0.286 e. The molecule has 1 atom stereocenters. The van der Waals surface area contributed by atoms with E-state index in [2.05, 4.69) is 28.6 Å². The van der Waals surface area contributed by atoms with Gasteiger partial charge in [-0.3, -0.25) is 4.79 Å². The first-order valence-corrected chi connectivity index (χ1v) is 3.91. The zero-order valence-corrected chi connectivity index (χ0v) is 7.21. The van der Waals surface area contributed by atoms with Crippen LogP contribution >= 0.6 is 28.6 Å². The molecule has 0 aromatic carbocycles. The van der Waals surface area contributed by atoms with E-state index in [0.717, 1.165) is 12.8 Å². The molecule has 0 aromatic rings. The quantitative estimate of drug-likeness (QED) is 0.541. The van der Waals surface area contributed by atoms with Crippen LogP contribution in [0.15, 0.2) is 0 Å². The van der Waals surface area contributed by atoms with E-state index in [0.29, 0.717) is 0 Å². The van der Waals surface area contributed by atoms with Gasteiger partial charge in [0, 0.05) is 0 Å². The average Bonchev–Trinajstić information content (AvgIpc) is 1.67. The molecular formula is C5H9BrOS. The molecule has 0 aliphatic carbocycles. The minimum absolute atomic E-state index is 0.0455. The molecule has 3 heteroatoms. The van der Waals surface area contributed by atoms with E-state index in [1.54, 1.807) is 0 Å². The molecule has 0 saturated heterocycles. The first-order chi connectivity index (χ1) is 3.68. The Bertz CT molecular complexity index is 84.5. The van der Waals surface area contributed by atoms with Crippen LogP contribution in [0, 0.1) is 0 Å². The summed E-state index contributed by atoms with van der Waals surface area (Å²) >= 11 is 6.82. The van der Waals surface area contributed by atoms with E-state index in [9.17, 15) is 4.79 Å². The van der Waals surface area contributed by atoms with Crippen molar-refractivity contribution in [2.75, 3.05) is 0 Å². The fourth-order valence-electron chi connectivity index (χ4n) is 0.377. The molecule has 0 aliphatic rings. The summed E-state index contributed by atoms with van der Waals surface area (Å²) in [6.07, 6.45) is 1.89. The van der Waals surface area contributed by atoms with Gasteiger partial charge in [0.05, 0.1) is 4.83 Å². The van der Waals surface area contributed by atoms with Gasteiger partial charge in [0.15, 0.2) is 5.12 Å². The van der Waals surface area contributed by atoms with Gasteiger partial charge >= 0.3 is 0 Å². The van der Waals surface area contributed by atoms with Gasteiger partial charge in [-0.05, 0) is 6.42 Å². The first-order valence-electron chi connectivity index (χ1n) is 2.55. The number of carbonyl (C=O) groups is 1. The summed E-state index contributed by atoms with van der Waals surface area (Å²) in [5.74, 6) is 0. The lowest BCUT2D eigenvalue weighted by atomic mass is 10.3. The van der Waals surface area contributed by atoms with Crippen molar-refractivity contribution in [2.45, 2.75) is 24.6 Å². The molecule has 0 aromatic heterocycles. The second-order valence-electron chi connectivity index (χ2n) is 1.59. The third-order valence-electron chi connectivity index (χ3n) is 0.810. The van der Waals surface area contributed by atoms with Crippen molar-refractivity contribution >= 4 is 33.7 Å². The van der Waals surface area contributed by atoms with Crippen molar-refractivity contribution in [3.63, 3.8) is 0 Å². The lowest BCUT2D eigenvalue weighted by molar-refractivity contribution is -0.110. The van der Waals surface area contributed by atoms with Crippen molar-refractivity contribution in [3.05, 3.63) is 0 Å². The van der Waals surface area contributed by atoms with Crippen LogP contribution in [0.5, 0.6) is 0 Å². The Balaban J connectivity index is 3.32. The van der Waals surface area contributed by atoms with E-state index in [4.69, 9.17) is 0 Å². The standard InChI is InChI=1S/C5H9BrOS/c1-2-3-4(6)5(7)8/h4H,2-3H2,1H3,(H,7,8). The number of rotatable bonds is 3. The number of alkyl halides is 1. The Kier molecular flexibility index (Phi) is 4.66. The normalized spacial score (nSPS) is 13.4. The van der Waals surface area contributed by atoms with Crippen LogP contribution in [0.4, 0.5) is 0 Å². The van der Waals surface area contributed by atoms with Crippen molar-refractivity contribution < 1.29 is 4.79 Å². The SMILES string of the molecule is CCCC(Br)C(=O)S. The maximum atomic E-state index is 10.4. The van der Waals surface area contributed by atoms with Crippen LogP contribution in [0.1, 0.15) is 19.8 Å². The molecule has 1 nitrogen and oxygen atoms in total. The van der Waals surface area contributed by atoms with Gasteiger partial charge in [-0.25, -0.2) is 0 Å². The fraction of sp³-hybridized carbons (Fsp3) is 0.800. The highest BCUT2D eigenvalue weighted by Gasteiger charge is 2.07. The topological polar surface area (TPSA) is 17.1 Å². The molecule has 0 heterocycles. The predicted octanol–water partition coefficient (Wildman–Crippen LogP) is 2.01. The van der Waals surface area contributed by atoms with Crippen molar-refractivity contribution in [1.29, 1.82) is 0 Å². The van der Waals surface area contributed by atoms with Crippen LogP contribution in [0.3, 0.4) is 0 Å². The fourth-order valence-corrected chi connectivity index (χ4v) is 0.964. The highest BCUT2D eigenvalue weighted by atomic mass is 79.9. The van der Waals surface area contributed by atoms with Crippen LogP contribution in [-0.2, 0) is 4.79 Å². The molecule has 0 fully saturated rings. The molecule has 0 N–H and O–H groups in total. The highest BCUT2D eigenvalue weighted by Crippen LogP contribution is 2.09.